The summed E-state index contributed by atoms with van der Waals surface area (Å²) in [5.74, 6) is 1.51. The van der Waals surface area contributed by atoms with E-state index in [-0.39, 0.29) is 24.9 Å². The smallest absolute Gasteiger partial charge is 0.174 e. The highest BCUT2D eigenvalue weighted by Gasteiger charge is 2.34. The van der Waals surface area contributed by atoms with Gasteiger partial charge in [0.15, 0.2) is 5.78 Å². The zero-order valence-electron chi connectivity index (χ0n) is 14.0. The van der Waals surface area contributed by atoms with Gasteiger partial charge < -0.3 is 18.9 Å². The summed E-state index contributed by atoms with van der Waals surface area (Å²) in [5.41, 5.74) is 2.13. The van der Waals surface area contributed by atoms with Crippen molar-refractivity contribution >= 4 is 5.78 Å². The van der Waals surface area contributed by atoms with E-state index in [0.29, 0.717) is 28.4 Å². The van der Waals surface area contributed by atoms with E-state index in [0.717, 1.165) is 5.56 Å². The van der Waals surface area contributed by atoms with E-state index in [4.69, 9.17) is 18.9 Å². The van der Waals surface area contributed by atoms with E-state index in [1.165, 1.54) is 7.11 Å². The molecule has 24 heavy (non-hydrogen) atoms. The fourth-order valence-corrected chi connectivity index (χ4v) is 2.98. The number of carbonyl (C=O) groups excluding carboxylic acids is 1. The molecule has 2 aromatic rings. The van der Waals surface area contributed by atoms with Gasteiger partial charge in [-0.25, -0.2) is 0 Å². The molecule has 0 aromatic heterocycles. The predicted molar refractivity (Wildman–Crippen MR) is 89.0 cm³/mol. The van der Waals surface area contributed by atoms with Crippen molar-refractivity contribution in [1.82, 2.24) is 0 Å². The van der Waals surface area contributed by atoms with Crippen LogP contribution in [0.2, 0.25) is 0 Å². The van der Waals surface area contributed by atoms with Crippen molar-refractivity contribution in [2.75, 3.05) is 21.3 Å². The molecule has 0 bridgehead atoms. The minimum absolute atomic E-state index is 0.0121. The summed E-state index contributed by atoms with van der Waals surface area (Å²) in [5, 5.41) is 0. The molecule has 0 saturated carbocycles. The number of rotatable bonds is 5. The lowest BCUT2D eigenvalue weighted by Crippen LogP contribution is -2.22. The Morgan fingerprint density at radius 1 is 1.08 bits per heavy atom. The molecule has 0 fully saturated rings. The van der Waals surface area contributed by atoms with E-state index >= 15 is 0 Å². The average Bonchev–Trinajstić information content (AvgIpc) is 2.62. The van der Waals surface area contributed by atoms with Crippen LogP contribution < -0.4 is 14.2 Å². The van der Waals surface area contributed by atoms with E-state index in [1.807, 2.05) is 30.3 Å². The molecule has 126 valence electrons. The second kappa shape index (κ2) is 6.93. The molecule has 3 rings (SSSR count). The highest BCUT2D eigenvalue weighted by atomic mass is 16.5. The van der Waals surface area contributed by atoms with Gasteiger partial charge in [-0.15, -0.1) is 0 Å². The third-order valence-electron chi connectivity index (χ3n) is 4.12. The standard InChI is InChI=1S/C19H20O5/c1-21-11-13-16(22-2)10-17(23-3)18-14(20)9-15(24-19(13)18)12-7-5-4-6-8-12/h4-8,10,15H,9,11H2,1-3H3/t15-/m1/s1. The number of hydrogen-bond donors (Lipinski definition) is 0. The summed E-state index contributed by atoms with van der Waals surface area (Å²) in [6.07, 6.45) is -0.0646. The highest BCUT2D eigenvalue weighted by molar-refractivity contribution is 6.03. The molecule has 0 unspecified atom stereocenters. The van der Waals surface area contributed by atoms with Crippen molar-refractivity contribution in [3.8, 4) is 17.2 Å². The molecular formula is C19H20O5. The van der Waals surface area contributed by atoms with Gasteiger partial charge in [0.25, 0.3) is 0 Å². The molecule has 1 atom stereocenters. The first-order valence-corrected chi connectivity index (χ1v) is 7.71. The summed E-state index contributed by atoms with van der Waals surface area (Å²) in [6, 6.07) is 11.4. The van der Waals surface area contributed by atoms with Crippen molar-refractivity contribution in [1.29, 1.82) is 0 Å². The average molecular weight is 328 g/mol. The number of fused-ring (bicyclic) bond motifs is 1. The SMILES string of the molecule is COCc1c(OC)cc(OC)c2c1O[C@@H](c1ccccc1)CC2=O. The Morgan fingerprint density at radius 2 is 1.79 bits per heavy atom. The summed E-state index contributed by atoms with van der Waals surface area (Å²) in [6.45, 7) is 0.282. The Kier molecular flexibility index (Phi) is 4.71. The molecule has 5 heteroatoms. The first-order valence-electron chi connectivity index (χ1n) is 7.71. The van der Waals surface area contributed by atoms with Crippen LogP contribution in [0.25, 0.3) is 0 Å². The van der Waals surface area contributed by atoms with Crippen LogP contribution in [0.1, 0.15) is 34.0 Å². The number of ether oxygens (including phenoxy) is 4. The van der Waals surface area contributed by atoms with Crippen LogP contribution in [0.5, 0.6) is 17.2 Å². The Hall–Kier alpha value is -2.53. The Bertz CT molecular complexity index is 739. The molecule has 0 aliphatic carbocycles. The molecule has 0 spiro atoms. The van der Waals surface area contributed by atoms with Crippen LogP contribution in [-0.2, 0) is 11.3 Å². The van der Waals surface area contributed by atoms with Gasteiger partial charge in [0.1, 0.15) is 28.9 Å². The normalized spacial score (nSPS) is 16.3. The fraction of sp³-hybridized carbons (Fsp3) is 0.316. The van der Waals surface area contributed by atoms with Gasteiger partial charge in [0.05, 0.1) is 32.8 Å². The van der Waals surface area contributed by atoms with Crippen molar-refractivity contribution in [3.05, 3.63) is 53.1 Å². The second-order valence-electron chi connectivity index (χ2n) is 5.54. The fourth-order valence-electron chi connectivity index (χ4n) is 2.98. The number of methoxy groups -OCH3 is 3. The number of Topliss-reactive ketones (excluding diaryl/α,β-unsaturated/α-hetero) is 1. The Balaban J connectivity index is 2.13. The van der Waals surface area contributed by atoms with Gasteiger partial charge in [-0.05, 0) is 5.56 Å². The van der Waals surface area contributed by atoms with Crippen molar-refractivity contribution in [2.45, 2.75) is 19.1 Å². The maximum absolute atomic E-state index is 12.8. The maximum atomic E-state index is 12.8. The zero-order valence-corrected chi connectivity index (χ0v) is 14.0. The summed E-state index contributed by atoms with van der Waals surface area (Å²) in [4.78, 5) is 12.8. The second-order valence-corrected chi connectivity index (χ2v) is 5.54. The van der Waals surface area contributed by atoms with E-state index < -0.39 is 0 Å². The third-order valence-corrected chi connectivity index (χ3v) is 4.12. The lowest BCUT2D eigenvalue weighted by molar-refractivity contribution is 0.0833. The molecule has 0 radical (unpaired) electrons. The van der Waals surface area contributed by atoms with Crippen molar-refractivity contribution in [3.63, 3.8) is 0 Å². The van der Waals surface area contributed by atoms with Gasteiger partial charge in [-0.1, -0.05) is 30.3 Å². The zero-order chi connectivity index (χ0) is 17.1. The first-order chi connectivity index (χ1) is 11.7. The van der Waals surface area contributed by atoms with Gasteiger partial charge >= 0.3 is 0 Å². The molecular weight excluding hydrogens is 308 g/mol. The minimum Gasteiger partial charge on any atom is -0.496 e. The van der Waals surface area contributed by atoms with E-state index in [9.17, 15) is 4.79 Å². The molecule has 2 aromatic carbocycles. The van der Waals surface area contributed by atoms with Crippen LogP contribution in [0.4, 0.5) is 0 Å². The molecule has 1 aliphatic heterocycles. The molecule has 5 nitrogen and oxygen atoms in total. The van der Waals surface area contributed by atoms with Crippen LogP contribution >= 0.6 is 0 Å². The minimum atomic E-state index is -0.335. The van der Waals surface area contributed by atoms with Crippen LogP contribution in [0, 0.1) is 0 Å². The lowest BCUT2D eigenvalue weighted by atomic mass is 9.93. The quantitative estimate of drug-likeness (QED) is 0.840. The number of hydrogen-bond acceptors (Lipinski definition) is 5. The summed E-state index contributed by atoms with van der Waals surface area (Å²) in [7, 11) is 4.69. The first kappa shape index (κ1) is 16.3. The number of ketones is 1. The molecule has 1 heterocycles. The highest BCUT2D eigenvalue weighted by Crippen LogP contribution is 2.46. The van der Waals surface area contributed by atoms with Gasteiger partial charge in [-0.3, -0.25) is 4.79 Å². The maximum Gasteiger partial charge on any atom is 0.174 e. The number of benzene rings is 2. The van der Waals surface area contributed by atoms with Crippen molar-refractivity contribution in [2.24, 2.45) is 0 Å². The van der Waals surface area contributed by atoms with Crippen LogP contribution in [0.15, 0.2) is 36.4 Å². The monoisotopic (exact) mass is 328 g/mol. The van der Waals surface area contributed by atoms with E-state index in [1.54, 1.807) is 20.3 Å². The summed E-state index contributed by atoms with van der Waals surface area (Å²) >= 11 is 0. The molecule has 0 amide bonds. The molecule has 0 N–H and O–H groups in total. The van der Waals surface area contributed by atoms with Gasteiger partial charge in [0, 0.05) is 13.2 Å². The summed E-state index contributed by atoms with van der Waals surface area (Å²) < 4.78 is 22.3. The lowest BCUT2D eigenvalue weighted by Gasteiger charge is -2.29. The van der Waals surface area contributed by atoms with Gasteiger partial charge in [-0.2, -0.15) is 0 Å². The predicted octanol–water partition coefficient (Wildman–Crippen LogP) is 3.56. The Labute approximate surface area is 141 Å². The largest absolute Gasteiger partial charge is 0.496 e. The molecule has 1 aliphatic rings. The topological polar surface area (TPSA) is 54.0 Å². The Morgan fingerprint density at radius 3 is 2.42 bits per heavy atom. The molecule has 0 saturated heterocycles. The van der Waals surface area contributed by atoms with Gasteiger partial charge in [0.2, 0.25) is 0 Å². The van der Waals surface area contributed by atoms with Crippen LogP contribution in [-0.4, -0.2) is 27.1 Å². The van der Waals surface area contributed by atoms with Crippen LogP contribution in [0.3, 0.4) is 0 Å². The third kappa shape index (κ3) is 2.83. The van der Waals surface area contributed by atoms with E-state index in [2.05, 4.69) is 0 Å². The van der Waals surface area contributed by atoms with Crippen molar-refractivity contribution < 1.29 is 23.7 Å². The number of carbonyl (C=O) groups is 1.